The van der Waals surface area contributed by atoms with Crippen LogP contribution in [0.15, 0.2) is 22.7 Å². The molecule has 0 aliphatic rings. The van der Waals surface area contributed by atoms with Crippen molar-refractivity contribution >= 4 is 15.9 Å². The van der Waals surface area contributed by atoms with E-state index in [1.807, 2.05) is 13.1 Å². The minimum absolute atomic E-state index is 0.691. The van der Waals surface area contributed by atoms with Gasteiger partial charge in [0, 0.05) is 6.54 Å². The predicted octanol–water partition coefficient (Wildman–Crippen LogP) is 2.79. The second kappa shape index (κ2) is 8.51. The molecule has 1 rings (SSSR count). The second-order valence-corrected chi connectivity index (χ2v) is 5.29. The number of benzene rings is 1. The van der Waals surface area contributed by atoms with Crippen molar-refractivity contribution in [3.8, 4) is 5.75 Å². The summed E-state index contributed by atoms with van der Waals surface area (Å²) in [7, 11) is 3.69. The summed E-state index contributed by atoms with van der Waals surface area (Å²) in [6.07, 6.45) is 1.19. The van der Waals surface area contributed by atoms with Crippen LogP contribution in [0.2, 0.25) is 0 Å². The highest BCUT2D eigenvalue weighted by molar-refractivity contribution is 9.10. The van der Waals surface area contributed by atoms with Gasteiger partial charge in [-0.2, -0.15) is 0 Å². The highest BCUT2D eigenvalue weighted by Crippen LogP contribution is 2.25. The van der Waals surface area contributed by atoms with Crippen LogP contribution in [0.25, 0.3) is 0 Å². The zero-order chi connectivity index (χ0) is 13.4. The molecular weight excluding hydrogens is 292 g/mol. The lowest BCUT2D eigenvalue weighted by Crippen LogP contribution is -2.29. The van der Waals surface area contributed by atoms with E-state index in [4.69, 9.17) is 4.74 Å². The van der Waals surface area contributed by atoms with Crippen molar-refractivity contribution in [3.63, 3.8) is 0 Å². The first-order valence-electron chi connectivity index (χ1n) is 6.39. The third-order valence-corrected chi connectivity index (χ3v) is 3.67. The van der Waals surface area contributed by atoms with Gasteiger partial charge in [0.05, 0.1) is 11.6 Å². The zero-order valence-electron chi connectivity index (χ0n) is 11.4. The van der Waals surface area contributed by atoms with E-state index in [0.717, 1.165) is 29.9 Å². The smallest absolute Gasteiger partial charge is 0.133 e. The third-order valence-electron chi connectivity index (χ3n) is 3.05. The summed E-state index contributed by atoms with van der Waals surface area (Å²) in [5.74, 6) is 1.57. The van der Waals surface area contributed by atoms with E-state index in [-0.39, 0.29) is 0 Å². The zero-order valence-corrected chi connectivity index (χ0v) is 13.0. The number of ether oxygens (including phenoxy) is 1. The van der Waals surface area contributed by atoms with Crippen LogP contribution in [0.3, 0.4) is 0 Å². The normalized spacial score (nSPS) is 12.4. The Morgan fingerprint density at radius 1 is 1.33 bits per heavy atom. The summed E-state index contributed by atoms with van der Waals surface area (Å²) < 4.78 is 6.22. The Labute approximate surface area is 118 Å². The molecule has 0 spiro atoms. The van der Waals surface area contributed by atoms with Gasteiger partial charge >= 0.3 is 0 Å². The fraction of sp³-hybridized carbons (Fsp3) is 0.571. The molecule has 0 saturated heterocycles. The molecule has 18 heavy (non-hydrogen) atoms. The van der Waals surface area contributed by atoms with E-state index in [0.29, 0.717) is 5.92 Å². The average molecular weight is 315 g/mol. The Bertz CT molecular complexity index is 358. The summed E-state index contributed by atoms with van der Waals surface area (Å²) in [6, 6.07) is 6.19. The molecule has 0 saturated carbocycles. The number of hydrogen-bond donors (Lipinski definition) is 2. The Morgan fingerprint density at radius 2 is 2.11 bits per heavy atom. The number of methoxy groups -OCH3 is 1. The molecule has 1 aromatic carbocycles. The van der Waals surface area contributed by atoms with Gasteiger partial charge in [-0.15, -0.1) is 0 Å². The van der Waals surface area contributed by atoms with Gasteiger partial charge in [0.25, 0.3) is 0 Å². The Morgan fingerprint density at radius 3 is 2.67 bits per heavy atom. The van der Waals surface area contributed by atoms with Crippen LogP contribution in [-0.4, -0.2) is 27.2 Å². The van der Waals surface area contributed by atoms with E-state index < -0.39 is 0 Å². The molecule has 0 aromatic heterocycles. The topological polar surface area (TPSA) is 33.3 Å². The maximum absolute atomic E-state index is 5.22. The molecule has 0 radical (unpaired) electrons. The van der Waals surface area contributed by atoms with Crippen molar-refractivity contribution in [2.24, 2.45) is 5.92 Å². The van der Waals surface area contributed by atoms with Gasteiger partial charge in [-0.3, -0.25) is 0 Å². The maximum Gasteiger partial charge on any atom is 0.133 e. The van der Waals surface area contributed by atoms with E-state index in [9.17, 15) is 0 Å². The monoisotopic (exact) mass is 314 g/mol. The molecule has 2 N–H and O–H groups in total. The van der Waals surface area contributed by atoms with E-state index >= 15 is 0 Å². The number of halogens is 1. The van der Waals surface area contributed by atoms with Crippen molar-refractivity contribution in [2.45, 2.75) is 19.9 Å². The van der Waals surface area contributed by atoms with Crippen LogP contribution in [0.5, 0.6) is 5.75 Å². The van der Waals surface area contributed by atoms with Crippen molar-refractivity contribution in [2.75, 3.05) is 27.2 Å². The molecule has 3 nitrogen and oxygen atoms in total. The maximum atomic E-state index is 5.22. The van der Waals surface area contributed by atoms with Gasteiger partial charge in [-0.25, -0.2) is 0 Å². The van der Waals surface area contributed by atoms with Crippen LogP contribution >= 0.6 is 15.9 Å². The van der Waals surface area contributed by atoms with Gasteiger partial charge in [0.1, 0.15) is 5.75 Å². The first-order valence-corrected chi connectivity index (χ1v) is 7.18. The lowest BCUT2D eigenvalue weighted by Gasteiger charge is -2.15. The molecule has 0 aliphatic carbocycles. The molecule has 102 valence electrons. The van der Waals surface area contributed by atoms with Gasteiger partial charge in [-0.1, -0.05) is 19.4 Å². The molecule has 1 aromatic rings. The van der Waals surface area contributed by atoms with E-state index in [2.05, 4.69) is 45.6 Å². The molecule has 0 heterocycles. The number of rotatable bonds is 8. The molecule has 4 heteroatoms. The highest BCUT2D eigenvalue weighted by atomic mass is 79.9. The van der Waals surface area contributed by atoms with E-state index in [1.165, 1.54) is 12.0 Å². The van der Waals surface area contributed by atoms with Gasteiger partial charge < -0.3 is 15.4 Å². The molecule has 1 atom stereocenters. The summed E-state index contributed by atoms with van der Waals surface area (Å²) in [4.78, 5) is 0. The van der Waals surface area contributed by atoms with E-state index in [1.54, 1.807) is 7.11 Å². The summed E-state index contributed by atoms with van der Waals surface area (Å²) in [5, 5.41) is 6.73. The highest BCUT2D eigenvalue weighted by Gasteiger charge is 2.05. The molecule has 0 fully saturated rings. The van der Waals surface area contributed by atoms with Gasteiger partial charge in [0.15, 0.2) is 0 Å². The largest absolute Gasteiger partial charge is 0.496 e. The molecule has 0 bridgehead atoms. The van der Waals surface area contributed by atoms with Crippen LogP contribution in [-0.2, 0) is 6.54 Å². The Hall–Kier alpha value is -0.580. The average Bonchev–Trinajstić information content (AvgIpc) is 2.38. The minimum atomic E-state index is 0.691. The SMILES string of the molecule is CCC(CNC)CNCc1ccc(OC)c(Br)c1. The van der Waals surface area contributed by atoms with Crippen molar-refractivity contribution < 1.29 is 4.74 Å². The van der Waals surface area contributed by atoms with Gasteiger partial charge in [-0.05, 0) is 59.7 Å². The Kier molecular flexibility index (Phi) is 7.32. The first-order chi connectivity index (χ1) is 8.71. The lowest BCUT2D eigenvalue weighted by atomic mass is 10.1. The van der Waals surface area contributed by atoms with Crippen LogP contribution in [0, 0.1) is 5.92 Å². The number of hydrogen-bond acceptors (Lipinski definition) is 3. The predicted molar refractivity (Wildman–Crippen MR) is 80.1 cm³/mol. The van der Waals surface area contributed by atoms with Crippen LogP contribution < -0.4 is 15.4 Å². The number of nitrogens with one attached hydrogen (secondary N) is 2. The minimum Gasteiger partial charge on any atom is -0.496 e. The Balaban J connectivity index is 2.41. The standard InChI is InChI=1S/C14H23BrN2O/c1-4-11(8-16-2)9-17-10-12-5-6-14(18-3)13(15)7-12/h5-7,11,16-17H,4,8-10H2,1-3H3. The molecule has 0 aliphatic heterocycles. The van der Waals surface area contributed by atoms with Gasteiger partial charge in [0.2, 0.25) is 0 Å². The fourth-order valence-electron chi connectivity index (χ4n) is 1.89. The van der Waals surface area contributed by atoms with Crippen molar-refractivity contribution in [3.05, 3.63) is 28.2 Å². The second-order valence-electron chi connectivity index (χ2n) is 4.43. The lowest BCUT2D eigenvalue weighted by molar-refractivity contribution is 0.411. The summed E-state index contributed by atoms with van der Waals surface area (Å²) in [5.41, 5.74) is 1.27. The first kappa shape index (κ1) is 15.5. The van der Waals surface area contributed by atoms with Crippen LogP contribution in [0.4, 0.5) is 0 Å². The molecule has 1 unspecified atom stereocenters. The summed E-state index contributed by atoms with van der Waals surface area (Å²) in [6.45, 7) is 5.23. The van der Waals surface area contributed by atoms with Crippen molar-refractivity contribution in [1.29, 1.82) is 0 Å². The summed E-state index contributed by atoms with van der Waals surface area (Å²) >= 11 is 3.50. The van der Waals surface area contributed by atoms with Crippen LogP contribution in [0.1, 0.15) is 18.9 Å². The molecule has 0 amide bonds. The quantitative estimate of drug-likeness (QED) is 0.774. The van der Waals surface area contributed by atoms with Crippen molar-refractivity contribution in [1.82, 2.24) is 10.6 Å². The third kappa shape index (κ3) is 4.96. The fourth-order valence-corrected chi connectivity index (χ4v) is 2.48. The molecular formula is C14H23BrN2O.